The predicted molar refractivity (Wildman–Crippen MR) is 108 cm³/mol. The van der Waals surface area contributed by atoms with Crippen molar-refractivity contribution in [1.82, 2.24) is 14.6 Å². The van der Waals surface area contributed by atoms with Gasteiger partial charge in [-0.2, -0.15) is 4.31 Å². The Morgan fingerprint density at radius 3 is 2.68 bits per heavy atom. The first-order valence-corrected chi connectivity index (χ1v) is 10.8. The van der Waals surface area contributed by atoms with Gasteiger partial charge < -0.3 is 10.2 Å². The number of nitrogens with one attached hydrogen (secondary N) is 1. The van der Waals surface area contributed by atoms with E-state index < -0.39 is 10.0 Å². The van der Waals surface area contributed by atoms with Crippen LogP contribution in [-0.4, -0.2) is 50.8 Å². The SMILES string of the molecule is CN(C)c1ncccc1CNC(=O)C1CCCN(S(=O)(=O)c2ccccc2)C1. The van der Waals surface area contributed by atoms with Gasteiger partial charge in [-0.05, 0) is 31.0 Å². The zero-order valence-electron chi connectivity index (χ0n) is 16.2. The van der Waals surface area contributed by atoms with Crippen molar-refractivity contribution in [3.63, 3.8) is 0 Å². The number of carbonyl (C=O) groups excluding carboxylic acids is 1. The number of pyridine rings is 1. The fourth-order valence-corrected chi connectivity index (χ4v) is 4.96. The third-order valence-corrected chi connectivity index (χ3v) is 6.76. The van der Waals surface area contributed by atoms with Crippen molar-refractivity contribution < 1.29 is 13.2 Å². The van der Waals surface area contributed by atoms with E-state index in [4.69, 9.17) is 0 Å². The highest BCUT2D eigenvalue weighted by Crippen LogP contribution is 2.24. The summed E-state index contributed by atoms with van der Waals surface area (Å²) in [6, 6.07) is 12.1. The molecule has 1 aliphatic heterocycles. The Bertz CT molecular complexity index is 916. The van der Waals surface area contributed by atoms with Gasteiger partial charge in [0.2, 0.25) is 15.9 Å². The summed E-state index contributed by atoms with van der Waals surface area (Å²) >= 11 is 0. The molecule has 3 rings (SSSR count). The second kappa shape index (κ2) is 8.70. The molecule has 1 aromatic heterocycles. The van der Waals surface area contributed by atoms with Crippen molar-refractivity contribution >= 4 is 21.7 Å². The van der Waals surface area contributed by atoms with Gasteiger partial charge >= 0.3 is 0 Å². The molecule has 0 radical (unpaired) electrons. The molecule has 1 fully saturated rings. The molecule has 1 aromatic carbocycles. The molecule has 0 saturated carbocycles. The van der Waals surface area contributed by atoms with Crippen LogP contribution in [-0.2, 0) is 21.4 Å². The average Bonchev–Trinajstić information content (AvgIpc) is 2.73. The van der Waals surface area contributed by atoms with E-state index in [0.29, 0.717) is 25.9 Å². The Morgan fingerprint density at radius 2 is 1.96 bits per heavy atom. The van der Waals surface area contributed by atoms with Crippen LogP contribution < -0.4 is 10.2 Å². The van der Waals surface area contributed by atoms with Crippen molar-refractivity contribution in [1.29, 1.82) is 0 Å². The number of anilines is 1. The topological polar surface area (TPSA) is 82.6 Å². The first-order valence-electron chi connectivity index (χ1n) is 9.33. The van der Waals surface area contributed by atoms with E-state index in [2.05, 4.69) is 10.3 Å². The number of carbonyl (C=O) groups is 1. The van der Waals surface area contributed by atoms with E-state index in [1.54, 1.807) is 36.5 Å². The van der Waals surface area contributed by atoms with Gasteiger partial charge in [-0.1, -0.05) is 24.3 Å². The van der Waals surface area contributed by atoms with Crippen molar-refractivity contribution in [2.75, 3.05) is 32.1 Å². The van der Waals surface area contributed by atoms with Crippen LogP contribution in [0, 0.1) is 5.92 Å². The first kappa shape index (κ1) is 20.3. The van der Waals surface area contributed by atoms with Gasteiger partial charge in [0, 0.05) is 45.5 Å². The molecular formula is C20H26N4O3S. The maximum Gasteiger partial charge on any atom is 0.243 e. The maximum atomic E-state index is 12.8. The minimum Gasteiger partial charge on any atom is -0.362 e. The lowest BCUT2D eigenvalue weighted by Crippen LogP contribution is -2.45. The molecule has 1 N–H and O–H groups in total. The summed E-state index contributed by atoms with van der Waals surface area (Å²) < 4.78 is 27.1. The second-order valence-corrected chi connectivity index (χ2v) is 9.05. The summed E-state index contributed by atoms with van der Waals surface area (Å²) in [5, 5.41) is 2.95. The van der Waals surface area contributed by atoms with E-state index in [1.807, 2.05) is 31.1 Å². The largest absolute Gasteiger partial charge is 0.362 e. The Kier molecular flexibility index (Phi) is 6.31. The van der Waals surface area contributed by atoms with E-state index >= 15 is 0 Å². The number of rotatable bonds is 6. The van der Waals surface area contributed by atoms with Gasteiger partial charge in [0.05, 0.1) is 10.8 Å². The molecule has 2 aromatic rings. The molecule has 1 atom stereocenters. The maximum absolute atomic E-state index is 12.8. The molecule has 7 nitrogen and oxygen atoms in total. The molecule has 8 heteroatoms. The molecule has 0 aliphatic carbocycles. The number of amides is 1. The van der Waals surface area contributed by atoms with Crippen LogP contribution in [0.3, 0.4) is 0 Å². The molecule has 1 unspecified atom stereocenters. The number of hydrogen-bond acceptors (Lipinski definition) is 5. The molecule has 1 aliphatic rings. The first-order chi connectivity index (χ1) is 13.4. The molecule has 0 spiro atoms. The number of sulfonamides is 1. The molecule has 1 saturated heterocycles. The summed E-state index contributed by atoms with van der Waals surface area (Å²) in [5.41, 5.74) is 0.922. The van der Waals surface area contributed by atoms with Crippen LogP contribution >= 0.6 is 0 Å². The Labute approximate surface area is 166 Å². The van der Waals surface area contributed by atoms with Crippen molar-refractivity contribution in [2.24, 2.45) is 5.92 Å². The van der Waals surface area contributed by atoms with Crippen LogP contribution in [0.25, 0.3) is 0 Å². The molecule has 2 heterocycles. The zero-order chi connectivity index (χ0) is 20.1. The van der Waals surface area contributed by atoms with Crippen molar-refractivity contribution in [3.8, 4) is 0 Å². The second-order valence-electron chi connectivity index (χ2n) is 7.11. The van der Waals surface area contributed by atoms with Gasteiger partial charge in [0.15, 0.2) is 0 Å². The highest BCUT2D eigenvalue weighted by atomic mass is 32.2. The van der Waals surface area contributed by atoms with Crippen molar-refractivity contribution in [3.05, 3.63) is 54.2 Å². The summed E-state index contributed by atoms with van der Waals surface area (Å²) in [4.78, 5) is 19.2. The highest BCUT2D eigenvalue weighted by Gasteiger charge is 2.33. The monoisotopic (exact) mass is 402 g/mol. The third-order valence-electron chi connectivity index (χ3n) is 4.88. The van der Waals surface area contributed by atoms with Crippen LogP contribution in [0.15, 0.2) is 53.6 Å². The van der Waals surface area contributed by atoms with Crippen molar-refractivity contribution in [2.45, 2.75) is 24.3 Å². The van der Waals surface area contributed by atoms with E-state index in [9.17, 15) is 13.2 Å². The summed E-state index contributed by atoms with van der Waals surface area (Å²) in [7, 11) is 0.231. The summed E-state index contributed by atoms with van der Waals surface area (Å²) in [5.74, 6) is 0.327. The zero-order valence-corrected chi connectivity index (χ0v) is 17.0. The van der Waals surface area contributed by atoms with Gasteiger partial charge in [-0.3, -0.25) is 4.79 Å². The predicted octanol–water partition coefficient (Wildman–Crippen LogP) is 1.86. The lowest BCUT2D eigenvalue weighted by molar-refractivity contribution is -0.126. The minimum atomic E-state index is -3.58. The Hall–Kier alpha value is -2.45. The molecule has 0 bridgehead atoms. The lowest BCUT2D eigenvalue weighted by atomic mass is 9.99. The Morgan fingerprint density at radius 1 is 1.21 bits per heavy atom. The summed E-state index contributed by atoms with van der Waals surface area (Å²) in [6.45, 7) is 1.01. The molecule has 1 amide bonds. The van der Waals surface area contributed by atoms with Gasteiger partial charge in [0.25, 0.3) is 0 Å². The standard InChI is InChI=1S/C20H26N4O3S/c1-23(2)19-16(8-6-12-21-19)14-22-20(25)17-9-7-13-24(15-17)28(26,27)18-10-4-3-5-11-18/h3-6,8,10-12,17H,7,9,13-15H2,1-2H3,(H,22,25). The van der Waals surface area contributed by atoms with E-state index in [-0.39, 0.29) is 23.3 Å². The number of benzene rings is 1. The fourth-order valence-electron chi connectivity index (χ4n) is 3.41. The van der Waals surface area contributed by atoms with Crippen LogP contribution in [0.2, 0.25) is 0 Å². The number of aromatic nitrogens is 1. The van der Waals surface area contributed by atoms with Gasteiger partial charge in [-0.15, -0.1) is 0 Å². The van der Waals surface area contributed by atoms with Crippen LogP contribution in [0.4, 0.5) is 5.82 Å². The van der Waals surface area contributed by atoms with E-state index in [1.165, 1.54) is 4.31 Å². The fraction of sp³-hybridized carbons (Fsp3) is 0.400. The molecular weight excluding hydrogens is 376 g/mol. The normalized spacial score (nSPS) is 17.9. The van der Waals surface area contributed by atoms with Crippen LogP contribution in [0.5, 0.6) is 0 Å². The number of piperidine rings is 1. The van der Waals surface area contributed by atoms with Gasteiger partial charge in [-0.25, -0.2) is 13.4 Å². The average molecular weight is 403 g/mol. The van der Waals surface area contributed by atoms with Crippen LogP contribution in [0.1, 0.15) is 18.4 Å². The summed E-state index contributed by atoms with van der Waals surface area (Å²) in [6.07, 6.45) is 3.06. The quantitative estimate of drug-likeness (QED) is 0.798. The smallest absolute Gasteiger partial charge is 0.243 e. The lowest BCUT2D eigenvalue weighted by Gasteiger charge is -2.31. The third kappa shape index (κ3) is 4.51. The number of nitrogens with zero attached hydrogens (tertiary/aromatic N) is 3. The number of hydrogen-bond donors (Lipinski definition) is 1. The molecule has 28 heavy (non-hydrogen) atoms. The van der Waals surface area contributed by atoms with Gasteiger partial charge in [0.1, 0.15) is 5.82 Å². The van der Waals surface area contributed by atoms with E-state index in [0.717, 1.165) is 11.4 Å². The molecule has 150 valence electrons. The minimum absolute atomic E-state index is 0.124. The highest BCUT2D eigenvalue weighted by molar-refractivity contribution is 7.89. The Balaban J connectivity index is 1.65.